The van der Waals surface area contributed by atoms with Gasteiger partial charge in [-0.25, -0.2) is 0 Å². The normalized spacial score (nSPS) is 24.0. The Labute approximate surface area is 126 Å². The number of ether oxygens (including phenoxy) is 2. The quantitative estimate of drug-likeness (QED) is 0.871. The summed E-state index contributed by atoms with van der Waals surface area (Å²) in [4.78, 5) is 2.62. The maximum Gasteiger partial charge on any atom is 0.231 e. The molecule has 0 aromatic heterocycles. The van der Waals surface area contributed by atoms with Gasteiger partial charge >= 0.3 is 0 Å². The van der Waals surface area contributed by atoms with Gasteiger partial charge in [-0.1, -0.05) is 6.07 Å². The molecule has 1 aromatic rings. The molecule has 1 aliphatic carbocycles. The SMILES string of the molecule is c1cc2c(cc1CN(CC1CC1)CC1CCCN1)OCO2. The highest BCUT2D eigenvalue weighted by atomic mass is 16.7. The molecule has 0 radical (unpaired) electrons. The summed E-state index contributed by atoms with van der Waals surface area (Å²) in [6, 6.07) is 7.04. The van der Waals surface area contributed by atoms with Crippen LogP contribution < -0.4 is 14.8 Å². The molecule has 21 heavy (non-hydrogen) atoms. The summed E-state index contributed by atoms with van der Waals surface area (Å²) in [6.07, 6.45) is 5.47. The third-order valence-corrected chi connectivity index (χ3v) is 4.70. The lowest BCUT2D eigenvalue weighted by atomic mass is 10.1. The first-order chi connectivity index (χ1) is 10.4. The van der Waals surface area contributed by atoms with E-state index in [1.165, 1.54) is 50.9 Å². The van der Waals surface area contributed by atoms with Gasteiger partial charge < -0.3 is 14.8 Å². The summed E-state index contributed by atoms with van der Waals surface area (Å²) in [5, 5.41) is 3.62. The zero-order chi connectivity index (χ0) is 14.1. The minimum Gasteiger partial charge on any atom is -0.454 e. The fourth-order valence-electron chi connectivity index (χ4n) is 3.39. The van der Waals surface area contributed by atoms with Gasteiger partial charge in [0.1, 0.15) is 0 Å². The standard InChI is InChI=1S/C17H24N2O2/c1-2-15(18-7-1)11-19(9-13-3-4-13)10-14-5-6-16-17(8-14)21-12-20-16/h5-6,8,13,15,18H,1-4,7,9-12H2. The summed E-state index contributed by atoms with van der Waals surface area (Å²) in [5.41, 5.74) is 1.33. The van der Waals surface area contributed by atoms with E-state index in [0.29, 0.717) is 12.8 Å². The smallest absolute Gasteiger partial charge is 0.231 e. The van der Waals surface area contributed by atoms with Gasteiger partial charge in [0.2, 0.25) is 6.79 Å². The van der Waals surface area contributed by atoms with Gasteiger partial charge in [-0.3, -0.25) is 4.90 Å². The molecule has 2 fully saturated rings. The molecule has 1 N–H and O–H groups in total. The summed E-state index contributed by atoms with van der Waals surface area (Å²) >= 11 is 0. The maximum absolute atomic E-state index is 5.49. The van der Waals surface area contributed by atoms with Gasteiger partial charge in [-0.05, 0) is 55.8 Å². The first-order valence-corrected chi connectivity index (χ1v) is 8.21. The van der Waals surface area contributed by atoms with Crippen molar-refractivity contribution in [1.82, 2.24) is 10.2 Å². The summed E-state index contributed by atoms with van der Waals surface area (Å²) in [7, 11) is 0. The van der Waals surface area contributed by atoms with Crippen LogP contribution in [0.1, 0.15) is 31.2 Å². The van der Waals surface area contributed by atoms with Crippen molar-refractivity contribution in [1.29, 1.82) is 0 Å². The van der Waals surface area contributed by atoms with E-state index in [9.17, 15) is 0 Å². The second-order valence-corrected chi connectivity index (χ2v) is 6.62. The lowest BCUT2D eigenvalue weighted by Gasteiger charge is -2.26. The molecule has 1 saturated heterocycles. The van der Waals surface area contributed by atoms with E-state index < -0.39 is 0 Å². The predicted molar refractivity (Wildman–Crippen MR) is 81.6 cm³/mol. The van der Waals surface area contributed by atoms with Crippen LogP contribution in [-0.4, -0.2) is 37.4 Å². The molecule has 1 unspecified atom stereocenters. The lowest BCUT2D eigenvalue weighted by Crippen LogP contribution is -2.38. The van der Waals surface area contributed by atoms with E-state index in [1.807, 2.05) is 6.07 Å². The molecule has 1 aromatic carbocycles. The average Bonchev–Trinajstić information content (AvgIpc) is 2.98. The van der Waals surface area contributed by atoms with E-state index >= 15 is 0 Å². The van der Waals surface area contributed by atoms with Gasteiger partial charge in [0, 0.05) is 25.7 Å². The number of nitrogens with one attached hydrogen (secondary N) is 1. The van der Waals surface area contributed by atoms with E-state index in [1.54, 1.807) is 0 Å². The summed E-state index contributed by atoms with van der Waals surface area (Å²) in [5.74, 6) is 2.71. The predicted octanol–water partition coefficient (Wildman–Crippen LogP) is 2.38. The molecule has 4 heteroatoms. The molecule has 0 amide bonds. The molecule has 114 valence electrons. The van der Waals surface area contributed by atoms with E-state index in [2.05, 4.69) is 22.3 Å². The second-order valence-electron chi connectivity index (χ2n) is 6.62. The highest BCUT2D eigenvalue weighted by Crippen LogP contribution is 2.34. The van der Waals surface area contributed by atoms with Crippen LogP contribution in [0, 0.1) is 5.92 Å². The van der Waals surface area contributed by atoms with Crippen LogP contribution in [-0.2, 0) is 6.54 Å². The summed E-state index contributed by atoms with van der Waals surface area (Å²) < 4.78 is 10.9. The molecule has 0 spiro atoms. The Morgan fingerprint density at radius 2 is 2.00 bits per heavy atom. The number of hydrogen-bond acceptors (Lipinski definition) is 4. The van der Waals surface area contributed by atoms with Crippen LogP contribution >= 0.6 is 0 Å². The van der Waals surface area contributed by atoms with Crippen LogP contribution in [0.5, 0.6) is 11.5 Å². The minimum atomic E-state index is 0.358. The maximum atomic E-state index is 5.49. The average molecular weight is 288 g/mol. The third kappa shape index (κ3) is 3.33. The Morgan fingerprint density at radius 3 is 2.81 bits per heavy atom. The van der Waals surface area contributed by atoms with Crippen molar-refractivity contribution >= 4 is 0 Å². The van der Waals surface area contributed by atoms with Crippen molar-refractivity contribution in [2.24, 2.45) is 5.92 Å². The fraction of sp³-hybridized carbons (Fsp3) is 0.647. The van der Waals surface area contributed by atoms with Crippen molar-refractivity contribution in [2.45, 2.75) is 38.3 Å². The minimum absolute atomic E-state index is 0.358. The van der Waals surface area contributed by atoms with Crippen LogP contribution in [0.2, 0.25) is 0 Å². The Bertz CT molecular complexity index is 496. The molecule has 4 rings (SSSR count). The highest BCUT2D eigenvalue weighted by Gasteiger charge is 2.26. The molecule has 1 saturated carbocycles. The first-order valence-electron chi connectivity index (χ1n) is 8.21. The first kappa shape index (κ1) is 13.4. The molecular formula is C17H24N2O2. The third-order valence-electron chi connectivity index (χ3n) is 4.70. The van der Waals surface area contributed by atoms with Crippen molar-refractivity contribution in [3.63, 3.8) is 0 Å². The monoisotopic (exact) mass is 288 g/mol. The Balaban J connectivity index is 1.42. The second kappa shape index (κ2) is 5.85. The van der Waals surface area contributed by atoms with Crippen LogP contribution in [0.3, 0.4) is 0 Å². The zero-order valence-corrected chi connectivity index (χ0v) is 12.5. The zero-order valence-electron chi connectivity index (χ0n) is 12.5. The molecule has 2 aliphatic heterocycles. The number of fused-ring (bicyclic) bond motifs is 1. The lowest BCUT2D eigenvalue weighted by molar-refractivity contribution is 0.174. The van der Waals surface area contributed by atoms with Gasteiger partial charge in [0.05, 0.1) is 0 Å². The Kier molecular flexibility index (Phi) is 3.74. The van der Waals surface area contributed by atoms with E-state index in [4.69, 9.17) is 9.47 Å². The Hall–Kier alpha value is -1.26. The van der Waals surface area contributed by atoms with Gasteiger partial charge in [-0.2, -0.15) is 0 Å². The Morgan fingerprint density at radius 1 is 1.10 bits per heavy atom. The topological polar surface area (TPSA) is 33.7 Å². The van der Waals surface area contributed by atoms with Crippen LogP contribution in [0.25, 0.3) is 0 Å². The van der Waals surface area contributed by atoms with Crippen LogP contribution in [0.15, 0.2) is 18.2 Å². The van der Waals surface area contributed by atoms with Gasteiger partial charge in [-0.15, -0.1) is 0 Å². The number of hydrogen-bond donors (Lipinski definition) is 1. The molecule has 1 atom stereocenters. The van der Waals surface area contributed by atoms with Crippen molar-refractivity contribution in [2.75, 3.05) is 26.4 Å². The van der Waals surface area contributed by atoms with Gasteiger partial charge in [0.25, 0.3) is 0 Å². The molecular weight excluding hydrogens is 264 g/mol. The van der Waals surface area contributed by atoms with Crippen molar-refractivity contribution in [3.05, 3.63) is 23.8 Å². The molecule has 0 bridgehead atoms. The number of nitrogens with zero attached hydrogens (tertiary/aromatic N) is 1. The highest BCUT2D eigenvalue weighted by molar-refractivity contribution is 5.44. The number of benzene rings is 1. The van der Waals surface area contributed by atoms with Crippen LogP contribution in [0.4, 0.5) is 0 Å². The largest absolute Gasteiger partial charge is 0.454 e. The molecule has 3 aliphatic rings. The summed E-state index contributed by atoms with van der Waals surface area (Å²) in [6.45, 7) is 4.98. The van der Waals surface area contributed by atoms with E-state index in [0.717, 1.165) is 24.0 Å². The van der Waals surface area contributed by atoms with Gasteiger partial charge in [0.15, 0.2) is 11.5 Å². The van der Waals surface area contributed by atoms with E-state index in [-0.39, 0.29) is 0 Å². The number of rotatable bonds is 6. The fourth-order valence-corrected chi connectivity index (χ4v) is 3.39. The van der Waals surface area contributed by atoms with Crippen molar-refractivity contribution < 1.29 is 9.47 Å². The molecule has 4 nitrogen and oxygen atoms in total. The van der Waals surface area contributed by atoms with Crippen molar-refractivity contribution in [3.8, 4) is 11.5 Å². The molecule has 2 heterocycles.